The number of thiophene rings is 1. The normalized spacial score (nSPS) is 11.2. The Kier molecular flexibility index (Phi) is 3.36. The van der Waals surface area contributed by atoms with Crippen LogP contribution in [-0.4, -0.2) is 10.1 Å². The summed E-state index contributed by atoms with van der Waals surface area (Å²) < 4.78 is 13.8. The van der Waals surface area contributed by atoms with E-state index in [4.69, 9.17) is 11.6 Å². The number of benzene rings is 2. The van der Waals surface area contributed by atoms with E-state index in [0.717, 1.165) is 27.0 Å². The summed E-state index contributed by atoms with van der Waals surface area (Å²) in [6, 6.07) is 14.0. The van der Waals surface area contributed by atoms with Gasteiger partial charge in [0, 0.05) is 21.5 Å². The monoisotopic (exact) mass is 343 g/mol. The van der Waals surface area contributed by atoms with Crippen molar-refractivity contribution < 1.29 is 9.50 Å². The molecule has 2 aromatic heterocycles. The summed E-state index contributed by atoms with van der Waals surface area (Å²) >= 11 is 7.75. The Hall–Kier alpha value is -2.30. The van der Waals surface area contributed by atoms with Gasteiger partial charge in [-0.15, -0.1) is 11.3 Å². The van der Waals surface area contributed by atoms with Crippen LogP contribution in [0.25, 0.3) is 32.6 Å². The summed E-state index contributed by atoms with van der Waals surface area (Å²) in [6.07, 6.45) is 0. The van der Waals surface area contributed by atoms with Crippen LogP contribution in [0.4, 0.5) is 4.39 Å². The maximum atomic E-state index is 13.8. The zero-order valence-corrected chi connectivity index (χ0v) is 13.4. The van der Waals surface area contributed by atoms with Crippen LogP contribution >= 0.6 is 22.9 Å². The first-order valence-corrected chi connectivity index (χ1v) is 8.23. The minimum atomic E-state index is -0.643. The van der Waals surface area contributed by atoms with Crippen LogP contribution in [0.5, 0.6) is 5.75 Å². The minimum Gasteiger partial charge on any atom is -0.505 e. The molecule has 0 amide bonds. The van der Waals surface area contributed by atoms with Crippen molar-refractivity contribution in [3.8, 4) is 27.4 Å². The molecule has 2 N–H and O–H groups in total. The lowest BCUT2D eigenvalue weighted by atomic mass is 10.0. The van der Waals surface area contributed by atoms with Gasteiger partial charge in [-0.2, -0.15) is 0 Å². The molecular weight excluding hydrogens is 333 g/mol. The van der Waals surface area contributed by atoms with Crippen LogP contribution in [0.3, 0.4) is 0 Å². The highest BCUT2D eigenvalue weighted by atomic mass is 35.5. The number of aromatic hydroxyl groups is 1. The van der Waals surface area contributed by atoms with Crippen molar-refractivity contribution in [3.63, 3.8) is 0 Å². The standard InChI is InChI=1S/C18H11ClFNOS/c19-11-4-5-14-12(9-11)17(10-3-6-15(22)13(20)8-10)18(21-14)16-2-1-7-23-16/h1-9,21-22H. The number of nitrogens with one attached hydrogen (secondary N) is 1. The molecular formula is C18H11ClFNOS. The molecule has 2 nitrogen and oxygen atoms in total. The van der Waals surface area contributed by atoms with E-state index in [1.54, 1.807) is 17.4 Å². The number of halogens is 2. The number of aromatic nitrogens is 1. The van der Waals surface area contributed by atoms with Gasteiger partial charge >= 0.3 is 0 Å². The van der Waals surface area contributed by atoms with Crippen LogP contribution in [0.15, 0.2) is 53.9 Å². The number of fused-ring (bicyclic) bond motifs is 1. The molecule has 4 rings (SSSR count). The van der Waals surface area contributed by atoms with Gasteiger partial charge < -0.3 is 10.1 Å². The summed E-state index contributed by atoms with van der Waals surface area (Å²) in [5.74, 6) is -1.000. The SMILES string of the molecule is Oc1ccc(-c2c(-c3cccs3)[nH]c3ccc(Cl)cc23)cc1F. The smallest absolute Gasteiger partial charge is 0.165 e. The molecule has 0 aliphatic rings. The predicted molar refractivity (Wildman–Crippen MR) is 93.7 cm³/mol. The van der Waals surface area contributed by atoms with Crippen molar-refractivity contribution in [3.05, 3.63) is 64.8 Å². The number of phenolic OH excluding ortho intramolecular Hbond substituents is 1. The van der Waals surface area contributed by atoms with E-state index in [1.807, 2.05) is 35.7 Å². The van der Waals surface area contributed by atoms with Gasteiger partial charge in [-0.05, 0) is 47.3 Å². The number of hydrogen-bond donors (Lipinski definition) is 2. The summed E-state index contributed by atoms with van der Waals surface area (Å²) in [5.41, 5.74) is 3.42. The zero-order chi connectivity index (χ0) is 16.0. The van der Waals surface area contributed by atoms with Crippen LogP contribution < -0.4 is 0 Å². The second kappa shape index (κ2) is 5.41. The lowest BCUT2D eigenvalue weighted by Gasteiger charge is -2.05. The van der Waals surface area contributed by atoms with E-state index < -0.39 is 5.82 Å². The summed E-state index contributed by atoms with van der Waals surface area (Å²) in [4.78, 5) is 4.45. The van der Waals surface area contributed by atoms with Crippen molar-refractivity contribution >= 4 is 33.8 Å². The Balaban J connectivity index is 2.07. The fraction of sp³-hybridized carbons (Fsp3) is 0. The van der Waals surface area contributed by atoms with Crippen molar-refractivity contribution in [1.29, 1.82) is 0 Å². The van der Waals surface area contributed by atoms with E-state index in [9.17, 15) is 9.50 Å². The summed E-state index contributed by atoms with van der Waals surface area (Å²) in [5, 5.41) is 13.0. The Morgan fingerprint density at radius 2 is 1.96 bits per heavy atom. The second-order valence-corrected chi connectivity index (χ2v) is 6.59. The summed E-state index contributed by atoms with van der Waals surface area (Å²) in [6.45, 7) is 0. The quantitative estimate of drug-likeness (QED) is 0.456. The topological polar surface area (TPSA) is 36.0 Å². The molecule has 0 spiro atoms. The molecule has 2 heterocycles. The first kappa shape index (κ1) is 14.3. The molecule has 2 aromatic carbocycles. The molecule has 0 unspecified atom stereocenters. The molecule has 0 saturated heterocycles. The van der Waals surface area contributed by atoms with Gasteiger partial charge in [0.1, 0.15) is 0 Å². The second-order valence-electron chi connectivity index (χ2n) is 5.21. The third-order valence-corrected chi connectivity index (χ3v) is 4.89. The third-order valence-electron chi connectivity index (χ3n) is 3.76. The van der Waals surface area contributed by atoms with Gasteiger partial charge in [0.2, 0.25) is 0 Å². The number of rotatable bonds is 2. The van der Waals surface area contributed by atoms with Crippen LogP contribution in [-0.2, 0) is 0 Å². The molecule has 114 valence electrons. The van der Waals surface area contributed by atoms with Crippen LogP contribution in [0.1, 0.15) is 0 Å². The van der Waals surface area contributed by atoms with Crippen molar-refractivity contribution in [1.82, 2.24) is 4.98 Å². The van der Waals surface area contributed by atoms with E-state index in [-0.39, 0.29) is 5.75 Å². The fourth-order valence-corrected chi connectivity index (χ4v) is 3.64. The molecule has 4 aromatic rings. The molecule has 0 atom stereocenters. The van der Waals surface area contributed by atoms with E-state index >= 15 is 0 Å². The van der Waals surface area contributed by atoms with Gasteiger partial charge in [0.05, 0.1) is 10.6 Å². The lowest BCUT2D eigenvalue weighted by molar-refractivity contribution is 0.432. The number of aromatic amines is 1. The largest absolute Gasteiger partial charge is 0.505 e. The highest BCUT2D eigenvalue weighted by Crippen LogP contribution is 2.41. The van der Waals surface area contributed by atoms with Gasteiger partial charge in [-0.1, -0.05) is 23.7 Å². The maximum Gasteiger partial charge on any atom is 0.165 e. The number of hydrogen-bond acceptors (Lipinski definition) is 2. The van der Waals surface area contributed by atoms with Crippen LogP contribution in [0, 0.1) is 5.82 Å². The van der Waals surface area contributed by atoms with Crippen molar-refractivity contribution in [2.45, 2.75) is 0 Å². The van der Waals surface area contributed by atoms with Gasteiger partial charge in [0.15, 0.2) is 11.6 Å². The Morgan fingerprint density at radius 3 is 2.70 bits per heavy atom. The highest BCUT2D eigenvalue weighted by molar-refractivity contribution is 7.13. The van der Waals surface area contributed by atoms with E-state index in [1.165, 1.54) is 12.1 Å². The fourth-order valence-electron chi connectivity index (χ4n) is 2.73. The molecule has 0 saturated carbocycles. The van der Waals surface area contributed by atoms with E-state index in [0.29, 0.717) is 10.6 Å². The molecule has 0 aliphatic heterocycles. The Labute approximate surface area is 140 Å². The first-order chi connectivity index (χ1) is 11.1. The van der Waals surface area contributed by atoms with Crippen molar-refractivity contribution in [2.75, 3.05) is 0 Å². The molecule has 0 radical (unpaired) electrons. The molecule has 5 heteroatoms. The molecule has 23 heavy (non-hydrogen) atoms. The zero-order valence-electron chi connectivity index (χ0n) is 11.8. The first-order valence-electron chi connectivity index (χ1n) is 6.97. The molecule has 0 fully saturated rings. The number of phenols is 1. The average molecular weight is 344 g/mol. The lowest BCUT2D eigenvalue weighted by Crippen LogP contribution is -1.83. The maximum absolute atomic E-state index is 13.8. The average Bonchev–Trinajstić information content (AvgIpc) is 3.16. The molecule has 0 bridgehead atoms. The van der Waals surface area contributed by atoms with Gasteiger partial charge in [-0.25, -0.2) is 4.39 Å². The number of H-pyrrole nitrogens is 1. The predicted octanol–water partition coefficient (Wildman–Crippen LogP) is 6.06. The van der Waals surface area contributed by atoms with E-state index in [2.05, 4.69) is 4.98 Å². The van der Waals surface area contributed by atoms with Gasteiger partial charge in [-0.3, -0.25) is 0 Å². The minimum absolute atomic E-state index is 0.357. The van der Waals surface area contributed by atoms with Gasteiger partial charge in [0.25, 0.3) is 0 Å². The van der Waals surface area contributed by atoms with Crippen LogP contribution in [0.2, 0.25) is 5.02 Å². The highest BCUT2D eigenvalue weighted by Gasteiger charge is 2.17. The summed E-state index contributed by atoms with van der Waals surface area (Å²) in [7, 11) is 0. The molecule has 0 aliphatic carbocycles. The Morgan fingerprint density at radius 1 is 1.09 bits per heavy atom. The van der Waals surface area contributed by atoms with Crippen molar-refractivity contribution in [2.24, 2.45) is 0 Å². The third kappa shape index (κ3) is 2.40. The Bertz CT molecular complexity index is 1010.